The fraction of sp³-hybridized carbons (Fsp3) is 0.615. The number of rotatable bonds is 4. The van der Waals surface area contributed by atoms with Crippen LogP contribution < -0.4 is 40.0 Å². The Bertz CT molecular complexity index is 489. The standard InChI is InChI=1S/C11H18N2O3.C2H3N3.Na/c1-4-6-7(3)11(5-2)8(14)12-10(16)13-9(11)15;1-2-4-5-3-1;/h7H,4-6H2,1-3H3,(H2,12,13,14,15,16);1-2H,(H,3,4,5);/q;;+1/p-1. The van der Waals surface area contributed by atoms with Crippen LogP contribution in [0.15, 0.2) is 17.4 Å². The Morgan fingerprint density at radius 3 is 2.41 bits per heavy atom. The molecule has 1 aliphatic heterocycles. The van der Waals surface area contributed by atoms with Crippen molar-refractivity contribution in [3.8, 4) is 0 Å². The Balaban J connectivity index is 0.000000622. The van der Waals surface area contributed by atoms with Crippen LogP contribution in [0, 0.1) is 11.3 Å². The third-order valence-corrected chi connectivity index (χ3v) is 3.66. The summed E-state index contributed by atoms with van der Waals surface area (Å²) in [7, 11) is 0. The third kappa shape index (κ3) is 4.62. The van der Waals surface area contributed by atoms with E-state index in [9.17, 15) is 14.7 Å². The van der Waals surface area contributed by atoms with Crippen LogP contribution in [-0.4, -0.2) is 33.2 Å². The molecule has 2 heterocycles. The zero-order valence-electron chi connectivity index (χ0n) is 13.4. The van der Waals surface area contributed by atoms with E-state index in [1.165, 1.54) is 0 Å². The second kappa shape index (κ2) is 9.70. The number of hydrogen-bond acceptors (Lipinski definition) is 5. The molecule has 0 bridgehead atoms. The first-order chi connectivity index (χ1) is 9.98. The van der Waals surface area contributed by atoms with Crippen molar-refractivity contribution in [1.29, 1.82) is 0 Å². The van der Waals surface area contributed by atoms with E-state index in [1.807, 2.05) is 13.8 Å². The number of carbonyl (C=O) groups is 2. The SMILES string of the molecule is CCCC(C)C1(CC)C(=O)N=C([O-])NC1=O.[Na+].c1c[nH]nn1. The van der Waals surface area contributed by atoms with Crippen molar-refractivity contribution >= 4 is 17.8 Å². The predicted octanol–water partition coefficient (Wildman–Crippen LogP) is -3.00. The molecule has 0 radical (unpaired) electrons. The average Bonchev–Trinajstić information content (AvgIpc) is 2.98. The Labute approximate surface area is 151 Å². The summed E-state index contributed by atoms with van der Waals surface area (Å²) >= 11 is 0. The van der Waals surface area contributed by atoms with Crippen LogP contribution in [0.4, 0.5) is 0 Å². The van der Waals surface area contributed by atoms with E-state index in [0.717, 1.165) is 12.8 Å². The Morgan fingerprint density at radius 2 is 2.05 bits per heavy atom. The van der Waals surface area contributed by atoms with Crippen LogP contribution in [0.2, 0.25) is 0 Å². The Kier molecular flexibility index (Phi) is 9.15. The molecule has 8 nitrogen and oxygen atoms in total. The number of amidine groups is 1. The molecule has 0 spiro atoms. The molecule has 0 aliphatic carbocycles. The van der Waals surface area contributed by atoms with E-state index in [0.29, 0.717) is 6.42 Å². The van der Waals surface area contributed by atoms with Gasteiger partial charge in [-0.25, -0.2) is 4.99 Å². The van der Waals surface area contributed by atoms with Crippen LogP contribution in [0.1, 0.15) is 40.0 Å². The summed E-state index contributed by atoms with van der Waals surface area (Å²) in [6.45, 7) is 5.62. The quantitative estimate of drug-likeness (QED) is 0.452. The van der Waals surface area contributed by atoms with Crippen molar-refractivity contribution in [2.75, 3.05) is 0 Å². The van der Waals surface area contributed by atoms with Gasteiger partial charge in [-0.05, 0) is 18.8 Å². The van der Waals surface area contributed by atoms with Crippen LogP contribution >= 0.6 is 0 Å². The number of aromatic nitrogens is 3. The van der Waals surface area contributed by atoms with Gasteiger partial charge < -0.3 is 10.4 Å². The molecule has 0 saturated heterocycles. The molecule has 2 amide bonds. The minimum absolute atomic E-state index is 0. The molecule has 116 valence electrons. The van der Waals surface area contributed by atoms with Crippen molar-refractivity contribution in [3.05, 3.63) is 12.4 Å². The monoisotopic (exact) mass is 317 g/mol. The molecule has 1 aromatic heterocycles. The molecule has 22 heavy (non-hydrogen) atoms. The van der Waals surface area contributed by atoms with Gasteiger partial charge in [-0.15, -0.1) is 5.10 Å². The maximum Gasteiger partial charge on any atom is 1.00 e. The van der Waals surface area contributed by atoms with Crippen molar-refractivity contribution in [2.24, 2.45) is 16.3 Å². The van der Waals surface area contributed by atoms with Gasteiger partial charge in [0.15, 0.2) is 0 Å². The zero-order chi connectivity index (χ0) is 15.9. The van der Waals surface area contributed by atoms with Gasteiger partial charge in [-0.2, -0.15) is 0 Å². The summed E-state index contributed by atoms with van der Waals surface area (Å²) in [4.78, 5) is 27.1. The van der Waals surface area contributed by atoms with Gasteiger partial charge in [-0.1, -0.05) is 32.4 Å². The van der Waals surface area contributed by atoms with Crippen molar-refractivity contribution in [1.82, 2.24) is 20.7 Å². The van der Waals surface area contributed by atoms with Crippen LogP contribution in [0.3, 0.4) is 0 Å². The number of nitrogens with one attached hydrogen (secondary N) is 2. The van der Waals surface area contributed by atoms with Crippen LogP contribution in [0.25, 0.3) is 0 Å². The summed E-state index contributed by atoms with van der Waals surface area (Å²) in [5.74, 6) is -1.20. The minimum atomic E-state index is -1.15. The number of amides is 2. The summed E-state index contributed by atoms with van der Waals surface area (Å²) in [5.41, 5.74) is -1.15. The molecule has 2 atom stereocenters. The fourth-order valence-corrected chi connectivity index (χ4v) is 2.47. The van der Waals surface area contributed by atoms with E-state index in [2.05, 4.69) is 25.7 Å². The van der Waals surface area contributed by atoms with Crippen molar-refractivity contribution in [2.45, 2.75) is 40.0 Å². The van der Waals surface area contributed by atoms with Crippen LogP contribution in [-0.2, 0) is 9.59 Å². The Morgan fingerprint density at radius 1 is 1.36 bits per heavy atom. The topological polar surface area (TPSA) is 123 Å². The molecule has 0 saturated carbocycles. The normalized spacial score (nSPS) is 21.7. The second-order valence-corrected chi connectivity index (χ2v) is 4.85. The summed E-state index contributed by atoms with van der Waals surface area (Å²) in [5, 5.41) is 22.3. The smallest absolute Gasteiger partial charge is 0.846 e. The second-order valence-electron chi connectivity index (χ2n) is 4.85. The largest absolute Gasteiger partial charge is 1.00 e. The number of aromatic amines is 1. The average molecular weight is 317 g/mol. The molecule has 2 rings (SSSR count). The van der Waals surface area contributed by atoms with Gasteiger partial charge in [0.05, 0.1) is 12.2 Å². The number of carbonyl (C=O) groups excluding carboxylic acids is 2. The molecule has 9 heteroatoms. The zero-order valence-corrected chi connectivity index (χ0v) is 15.4. The van der Waals surface area contributed by atoms with E-state index >= 15 is 0 Å². The summed E-state index contributed by atoms with van der Waals surface area (Å²) in [6.07, 6.45) is 5.25. The molecule has 0 aromatic carbocycles. The minimum Gasteiger partial charge on any atom is -0.846 e. The van der Waals surface area contributed by atoms with Crippen molar-refractivity contribution in [3.63, 3.8) is 0 Å². The maximum absolute atomic E-state index is 11.9. The van der Waals surface area contributed by atoms with Gasteiger partial charge in [0.25, 0.3) is 5.91 Å². The molecule has 0 fully saturated rings. The third-order valence-electron chi connectivity index (χ3n) is 3.66. The van der Waals surface area contributed by atoms with Crippen LogP contribution in [0.5, 0.6) is 0 Å². The first-order valence-corrected chi connectivity index (χ1v) is 6.91. The molecule has 2 N–H and O–H groups in total. The Hall–Kier alpha value is -1.25. The number of nitrogens with zero attached hydrogens (tertiary/aromatic N) is 3. The number of hydrogen-bond donors (Lipinski definition) is 2. The molecule has 1 aromatic rings. The van der Waals surface area contributed by atoms with E-state index in [-0.39, 0.29) is 35.5 Å². The van der Waals surface area contributed by atoms with E-state index in [1.54, 1.807) is 19.3 Å². The first-order valence-electron chi connectivity index (χ1n) is 6.91. The summed E-state index contributed by atoms with van der Waals surface area (Å²) < 4.78 is 0. The van der Waals surface area contributed by atoms with Gasteiger partial charge in [0.2, 0.25) is 5.91 Å². The predicted molar refractivity (Wildman–Crippen MR) is 73.8 cm³/mol. The van der Waals surface area contributed by atoms with E-state index in [4.69, 9.17) is 0 Å². The fourth-order valence-electron chi connectivity index (χ4n) is 2.47. The maximum atomic E-state index is 11.9. The molecular formula is C13H20N5NaO3. The molecule has 1 aliphatic rings. The van der Waals surface area contributed by atoms with Gasteiger partial charge in [-0.3, -0.25) is 14.7 Å². The van der Waals surface area contributed by atoms with E-state index < -0.39 is 23.3 Å². The summed E-state index contributed by atoms with van der Waals surface area (Å²) in [6, 6.07) is -0.845. The number of aliphatic imine (C=N–C) groups is 1. The van der Waals surface area contributed by atoms with Gasteiger partial charge in [0, 0.05) is 6.20 Å². The molecular weight excluding hydrogens is 297 g/mol. The van der Waals surface area contributed by atoms with Crippen molar-refractivity contribution < 1.29 is 44.3 Å². The van der Waals surface area contributed by atoms with Gasteiger partial charge >= 0.3 is 29.6 Å². The molecule has 2 unspecified atom stereocenters. The van der Waals surface area contributed by atoms with Gasteiger partial charge in [0.1, 0.15) is 5.41 Å². The first kappa shape index (κ1) is 20.8. The number of H-pyrrole nitrogens is 1.